The van der Waals surface area contributed by atoms with Crippen LogP contribution in [0.4, 0.5) is 0 Å². The molecule has 0 amide bonds. The zero-order chi connectivity index (χ0) is 10.6. The molecule has 2 N–H and O–H groups in total. The minimum Gasteiger partial charge on any atom is -0.459 e. The number of carbonyl (C=O) groups is 1. The van der Waals surface area contributed by atoms with Gasteiger partial charge in [0.15, 0.2) is 0 Å². The summed E-state index contributed by atoms with van der Waals surface area (Å²) in [7, 11) is 0. The van der Waals surface area contributed by atoms with E-state index in [0.717, 1.165) is 0 Å². The standard InChI is InChI=1S/C10H14O4/c1-7-6-9(12)3-2-8(11)4-5-10(13)14-7/h2-5,7-9,11-12H,6H2,1H3/b3-2+,5-4-/t7-,8-,9+/m0/s1. The Morgan fingerprint density at radius 3 is 2.79 bits per heavy atom. The number of hydrogen-bond acceptors (Lipinski definition) is 4. The quantitative estimate of drug-likeness (QED) is 0.429. The molecule has 1 rings (SSSR count). The Morgan fingerprint density at radius 1 is 1.36 bits per heavy atom. The summed E-state index contributed by atoms with van der Waals surface area (Å²) < 4.78 is 4.91. The minimum absolute atomic E-state index is 0.331. The van der Waals surface area contributed by atoms with Crippen molar-refractivity contribution in [2.45, 2.75) is 31.7 Å². The molecule has 0 aromatic carbocycles. The number of hydrogen-bond donors (Lipinski definition) is 2. The predicted molar refractivity (Wildman–Crippen MR) is 50.5 cm³/mol. The van der Waals surface area contributed by atoms with Gasteiger partial charge in [-0.2, -0.15) is 0 Å². The molecule has 0 bridgehead atoms. The van der Waals surface area contributed by atoms with Crippen molar-refractivity contribution >= 4 is 5.97 Å². The molecule has 0 fully saturated rings. The highest BCUT2D eigenvalue weighted by molar-refractivity contribution is 5.82. The molecule has 0 aromatic rings. The highest BCUT2D eigenvalue weighted by Gasteiger charge is 2.12. The number of cyclic esters (lactones) is 1. The summed E-state index contributed by atoms with van der Waals surface area (Å²) in [6.07, 6.45) is 3.87. The van der Waals surface area contributed by atoms with Crippen molar-refractivity contribution in [2.24, 2.45) is 0 Å². The number of carbonyl (C=O) groups excluding carboxylic acids is 1. The van der Waals surface area contributed by atoms with Gasteiger partial charge in [0, 0.05) is 12.5 Å². The molecule has 0 spiro atoms. The van der Waals surface area contributed by atoms with Crippen molar-refractivity contribution in [1.82, 2.24) is 0 Å². The number of aliphatic hydroxyl groups is 2. The van der Waals surface area contributed by atoms with E-state index < -0.39 is 18.2 Å². The van der Waals surface area contributed by atoms with Crippen LogP contribution in [0.1, 0.15) is 13.3 Å². The van der Waals surface area contributed by atoms with Gasteiger partial charge < -0.3 is 14.9 Å². The molecule has 14 heavy (non-hydrogen) atoms. The first-order valence-electron chi connectivity index (χ1n) is 4.51. The molecule has 0 aliphatic carbocycles. The van der Waals surface area contributed by atoms with Gasteiger partial charge in [0.1, 0.15) is 6.10 Å². The first-order valence-corrected chi connectivity index (χ1v) is 4.51. The van der Waals surface area contributed by atoms with E-state index in [4.69, 9.17) is 4.74 Å². The number of aliphatic hydroxyl groups excluding tert-OH is 2. The van der Waals surface area contributed by atoms with Crippen LogP contribution in [0.15, 0.2) is 24.3 Å². The Morgan fingerprint density at radius 2 is 2.07 bits per heavy atom. The lowest BCUT2D eigenvalue weighted by Gasteiger charge is -2.15. The van der Waals surface area contributed by atoms with E-state index in [-0.39, 0.29) is 6.10 Å². The second kappa shape index (κ2) is 4.93. The predicted octanol–water partition coefficient (Wildman–Crippen LogP) is 0.156. The van der Waals surface area contributed by atoms with Crippen molar-refractivity contribution in [1.29, 1.82) is 0 Å². The second-order valence-corrected chi connectivity index (χ2v) is 3.29. The first-order chi connectivity index (χ1) is 6.58. The van der Waals surface area contributed by atoms with Crippen LogP contribution in [0.5, 0.6) is 0 Å². The average Bonchev–Trinajstić information content (AvgIpc) is 2.10. The Bertz CT molecular complexity index is 257. The largest absolute Gasteiger partial charge is 0.459 e. The van der Waals surface area contributed by atoms with Gasteiger partial charge in [-0.1, -0.05) is 12.2 Å². The third kappa shape index (κ3) is 3.72. The highest BCUT2D eigenvalue weighted by Crippen LogP contribution is 2.07. The lowest BCUT2D eigenvalue weighted by molar-refractivity contribution is -0.143. The van der Waals surface area contributed by atoms with E-state index in [1.807, 2.05) is 0 Å². The molecule has 0 saturated carbocycles. The third-order valence-corrected chi connectivity index (χ3v) is 1.85. The molecule has 3 atom stereocenters. The van der Waals surface area contributed by atoms with Crippen LogP contribution in [-0.4, -0.2) is 34.5 Å². The minimum atomic E-state index is -0.856. The van der Waals surface area contributed by atoms with Gasteiger partial charge >= 0.3 is 5.97 Å². The first kappa shape index (κ1) is 10.9. The maximum Gasteiger partial charge on any atom is 0.330 e. The highest BCUT2D eigenvalue weighted by atomic mass is 16.5. The third-order valence-electron chi connectivity index (χ3n) is 1.85. The summed E-state index contributed by atoms with van der Waals surface area (Å²) in [5.74, 6) is -0.501. The maximum atomic E-state index is 11.0. The van der Waals surface area contributed by atoms with Crippen LogP contribution in [-0.2, 0) is 9.53 Å². The van der Waals surface area contributed by atoms with Crippen molar-refractivity contribution in [2.75, 3.05) is 0 Å². The molecular weight excluding hydrogens is 184 g/mol. The zero-order valence-electron chi connectivity index (χ0n) is 7.96. The molecule has 1 aliphatic heterocycles. The molecule has 0 radical (unpaired) electrons. The van der Waals surface area contributed by atoms with E-state index in [9.17, 15) is 15.0 Å². The molecular formula is C10H14O4. The van der Waals surface area contributed by atoms with Gasteiger partial charge in [-0.15, -0.1) is 0 Å². The monoisotopic (exact) mass is 198 g/mol. The van der Waals surface area contributed by atoms with E-state index in [1.165, 1.54) is 24.3 Å². The Kier molecular flexibility index (Phi) is 3.85. The van der Waals surface area contributed by atoms with Crippen molar-refractivity contribution in [3.63, 3.8) is 0 Å². The number of esters is 1. The molecule has 4 nitrogen and oxygen atoms in total. The summed E-state index contributed by atoms with van der Waals surface area (Å²) in [4.78, 5) is 11.0. The normalized spacial score (nSPS) is 38.5. The lowest BCUT2D eigenvalue weighted by atomic mass is 10.1. The van der Waals surface area contributed by atoms with Crippen molar-refractivity contribution in [3.05, 3.63) is 24.3 Å². The summed E-state index contributed by atoms with van der Waals surface area (Å²) in [6, 6.07) is 0. The summed E-state index contributed by atoms with van der Waals surface area (Å²) in [6.45, 7) is 1.71. The van der Waals surface area contributed by atoms with Crippen LogP contribution in [0.25, 0.3) is 0 Å². The fourth-order valence-corrected chi connectivity index (χ4v) is 1.19. The summed E-state index contributed by atoms with van der Waals surface area (Å²) in [5, 5.41) is 18.6. The summed E-state index contributed by atoms with van der Waals surface area (Å²) in [5.41, 5.74) is 0. The number of rotatable bonds is 0. The Labute approximate surface area is 82.5 Å². The van der Waals surface area contributed by atoms with E-state index >= 15 is 0 Å². The lowest BCUT2D eigenvalue weighted by Crippen LogP contribution is -2.20. The molecule has 78 valence electrons. The van der Waals surface area contributed by atoms with Crippen molar-refractivity contribution in [3.8, 4) is 0 Å². The fraction of sp³-hybridized carbons (Fsp3) is 0.500. The number of ether oxygens (including phenoxy) is 1. The zero-order valence-corrected chi connectivity index (χ0v) is 7.96. The maximum absolute atomic E-state index is 11.0. The smallest absolute Gasteiger partial charge is 0.330 e. The molecule has 1 heterocycles. The molecule has 1 aliphatic rings. The summed E-state index contributed by atoms with van der Waals surface area (Å²) >= 11 is 0. The van der Waals surface area contributed by atoms with Gasteiger partial charge in [0.2, 0.25) is 0 Å². The van der Waals surface area contributed by atoms with Gasteiger partial charge in [-0.25, -0.2) is 4.79 Å². The van der Waals surface area contributed by atoms with Crippen LogP contribution in [0.3, 0.4) is 0 Å². The molecule has 0 saturated heterocycles. The Balaban J connectivity index is 2.72. The van der Waals surface area contributed by atoms with E-state index in [0.29, 0.717) is 6.42 Å². The van der Waals surface area contributed by atoms with Gasteiger partial charge in [-0.3, -0.25) is 0 Å². The van der Waals surface area contributed by atoms with Crippen LogP contribution in [0.2, 0.25) is 0 Å². The average molecular weight is 198 g/mol. The Hall–Kier alpha value is -1.13. The van der Waals surface area contributed by atoms with Crippen LogP contribution in [0, 0.1) is 0 Å². The van der Waals surface area contributed by atoms with Crippen molar-refractivity contribution < 1.29 is 19.7 Å². The molecule has 0 aromatic heterocycles. The van der Waals surface area contributed by atoms with Gasteiger partial charge in [0.05, 0.1) is 12.2 Å². The van der Waals surface area contributed by atoms with E-state index in [2.05, 4.69) is 0 Å². The molecule has 0 unspecified atom stereocenters. The SMILES string of the molecule is C[C@H]1C[C@H](O)/C=C/[C@H](O)/C=C\C(=O)O1. The topological polar surface area (TPSA) is 66.8 Å². The second-order valence-electron chi connectivity index (χ2n) is 3.29. The molecule has 4 heteroatoms. The van der Waals surface area contributed by atoms with Crippen LogP contribution < -0.4 is 0 Å². The fourth-order valence-electron chi connectivity index (χ4n) is 1.19. The van der Waals surface area contributed by atoms with Crippen LogP contribution >= 0.6 is 0 Å². The van der Waals surface area contributed by atoms with E-state index in [1.54, 1.807) is 6.92 Å². The van der Waals surface area contributed by atoms with Gasteiger partial charge in [-0.05, 0) is 13.0 Å². The van der Waals surface area contributed by atoms with Gasteiger partial charge in [0.25, 0.3) is 0 Å².